The fourth-order valence-electron chi connectivity index (χ4n) is 2.38. The number of rotatable bonds is 5. The SMILES string of the molecule is COc1ccc(-c2cc(=O)oc3cc(OCC([O])=O)ccc23)cc1. The molecule has 6 nitrogen and oxygen atoms in total. The Hall–Kier alpha value is -3.28. The van der Waals surface area contributed by atoms with Crippen LogP contribution in [0.1, 0.15) is 0 Å². The van der Waals surface area contributed by atoms with Gasteiger partial charge in [-0.2, -0.15) is 0 Å². The van der Waals surface area contributed by atoms with E-state index in [4.69, 9.17) is 13.9 Å². The van der Waals surface area contributed by atoms with Crippen LogP contribution in [0.3, 0.4) is 0 Å². The molecule has 3 rings (SSSR count). The molecule has 0 atom stereocenters. The molecule has 0 aliphatic rings. The van der Waals surface area contributed by atoms with Crippen LogP contribution in [-0.4, -0.2) is 19.7 Å². The van der Waals surface area contributed by atoms with Crippen LogP contribution in [0.2, 0.25) is 0 Å². The molecular weight excluding hydrogens is 312 g/mol. The first-order chi connectivity index (χ1) is 11.6. The van der Waals surface area contributed by atoms with E-state index in [1.165, 1.54) is 12.1 Å². The molecule has 1 radical (unpaired) electrons. The van der Waals surface area contributed by atoms with Gasteiger partial charge in [0.25, 0.3) is 0 Å². The molecule has 1 heterocycles. The molecule has 2 aromatic carbocycles. The maximum atomic E-state index is 11.8. The van der Waals surface area contributed by atoms with E-state index < -0.39 is 18.2 Å². The molecule has 0 amide bonds. The fourth-order valence-corrected chi connectivity index (χ4v) is 2.38. The lowest BCUT2D eigenvalue weighted by atomic mass is 10.0. The molecule has 121 valence electrons. The normalized spacial score (nSPS) is 10.5. The summed E-state index contributed by atoms with van der Waals surface area (Å²) in [6.07, 6.45) is 0. The largest absolute Gasteiger partial charge is 0.497 e. The van der Waals surface area contributed by atoms with Crippen LogP contribution in [0.5, 0.6) is 11.5 Å². The van der Waals surface area contributed by atoms with Crippen molar-refractivity contribution in [3.05, 3.63) is 59.0 Å². The van der Waals surface area contributed by atoms with Crippen LogP contribution < -0.4 is 15.1 Å². The second-order valence-corrected chi connectivity index (χ2v) is 5.03. The molecule has 0 saturated heterocycles. The van der Waals surface area contributed by atoms with Gasteiger partial charge in [0.2, 0.25) is 0 Å². The van der Waals surface area contributed by atoms with E-state index in [9.17, 15) is 14.7 Å². The molecule has 0 bridgehead atoms. The Labute approximate surface area is 136 Å². The Balaban J connectivity index is 2.07. The smallest absolute Gasteiger partial charge is 0.392 e. The van der Waals surface area contributed by atoms with Gasteiger partial charge in [-0.3, -0.25) is 0 Å². The van der Waals surface area contributed by atoms with Gasteiger partial charge >= 0.3 is 11.6 Å². The zero-order valence-corrected chi connectivity index (χ0v) is 12.8. The summed E-state index contributed by atoms with van der Waals surface area (Å²) in [7, 11) is 1.58. The van der Waals surface area contributed by atoms with Crippen molar-refractivity contribution in [2.75, 3.05) is 13.7 Å². The minimum absolute atomic E-state index is 0.279. The molecule has 24 heavy (non-hydrogen) atoms. The Bertz CT molecular complexity index is 940. The van der Waals surface area contributed by atoms with Crippen molar-refractivity contribution in [1.82, 2.24) is 0 Å². The highest BCUT2D eigenvalue weighted by molar-refractivity contribution is 5.93. The van der Waals surface area contributed by atoms with Crippen molar-refractivity contribution >= 4 is 16.9 Å². The number of carbonyl (C=O) groups excluding carboxylic acids is 1. The standard InChI is InChI=1S/C18H13O6/c1-22-12-4-2-11(3-5-12)15-9-18(21)24-16-8-13(6-7-14(15)16)23-10-17(19)20/h2-9H,10H2,1H3. The van der Waals surface area contributed by atoms with Crippen molar-refractivity contribution in [3.63, 3.8) is 0 Å². The highest BCUT2D eigenvalue weighted by Crippen LogP contribution is 2.30. The van der Waals surface area contributed by atoms with Crippen LogP contribution in [0.4, 0.5) is 0 Å². The maximum Gasteiger partial charge on any atom is 0.392 e. The monoisotopic (exact) mass is 325 g/mol. The van der Waals surface area contributed by atoms with E-state index in [1.54, 1.807) is 31.4 Å². The summed E-state index contributed by atoms with van der Waals surface area (Å²) >= 11 is 0. The van der Waals surface area contributed by atoms with Crippen LogP contribution in [0, 0.1) is 0 Å². The second kappa shape index (κ2) is 6.45. The zero-order valence-electron chi connectivity index (χ0n) is 12.8. The number of hydrogen-bond donors (Lipinski definition) is 0. The minimum Gasteiger partial charge on any atom is -0.497 e. The summed E-state index contributed by atoms with van der Waals surface area (Å²) in [6, 6.07) is 13.5. The summed E-state index contributed by atoms with van der Waals surface area (Å²) < 4.78 is 15.4. The van der Waals surface area contributed by atoms with Crippen molar-refractivity contribution < 1.29 is 23.8 Å². The summed E-state index contributed by atoms with van der Waals surface area (Å²) in [6.45, 7) is -0.575. The van der Waals surface area contributed by atoms with Crippen molar-refractivity contribution in [3.8, 4) is 22.6 Å². The molecule has 0 spiro atoms. The number of hydrogen-bond acceptors (Lipinski definition) is 5. The van der Waals surface area contributed by atoms with Gasteiger partial charge < -0.3 is 13.9 Å². The first-order valence-corrected chi connectivity index (χ1v) is 7.12. The van der Waals surface area contributed by atoms with E-state index in [0.717, 1.165) is 5.56 Å². The lowest BCUT2D eigenvalue weighted by Gasteiger charge is -2.08. The number of fused-ring (bicyclic) bond motifs is 1. The van der Waals surface area contributed by atoms with E-state index in [-0.39, 0.29) is 5.75 Å². The van der Waals surface area contributed by atoms with E-state index in [0.29, 0.717) is 22.3 Å². The minimum atomic E-state index is -1.33. The molecule has 0 unspecified atom stereocenters. The third-order valence-electron chi connectivity index (χ3n) is 3.47. The fraction of sp³-hybridized carbons (Fsp3) is 0.111. The molecule has 3 aromatic rings. The Morgan fingerprint density at radius 3 is 2.42 bits per heavy atom. The topological polar surface area (TPSA) is 85.6 Å². The van der Waals surface area contributed by atoms with Gasteiger partial charge in [-0.15, -0.1) is 0 Å². The van der Waals surface area contributed by atoms with Gasteiger partial charge in [0.1, 0.15) is 17.1 Å². The Morgan fingerprint density at radius 2 is 1.75 bits per heavy atom. The molecular formula is C18H13O6. The predicted octanol–water partition coefficient (Wildman–Crippen LogP) is 2.80. The van der Waals surface area contributed by atoms with Gasteiger partial charge in [0, 0.05) is 17.5 Å². The van der Waals surface area contributed by atoms with Crippen LogP contribution in [-0.2, 0) is 9.90 Å². The molecule has 0 saturated carbocycles. The van der Waals surface area contributed by atoms with Gasteiger partial charge in [0.15, 0.2) is 6.61 Å². The van der Waals surface area contributed by atoms with Crippen LogP contribution >= 0.6 is 0 Å². The summed E-state index contributed by atoms with van der Waals surface area (Å²) in [5.41, 5.74) is 1.34. The van der Waals surface area contributed by atoms with Crippen molar-refractivity contribution in [2.45, 2.75) is 0 Å². The first kappa shape index (κ1) is 15.6. The maximum absolute atomic E-state index is 11.8. The van der Waals surface area contributed by atoms with Gasteiger partial charge in [-0.25, -0.2) is 14.7 Å². The highest BCUT2D eigenvalue weighted by atomic mass is 16.5. The van der Waals surface area contributed by atoms with Crippen LogP contribution in [0.15, 0.2) is 57.7 Å². The molecule has 0 fully saturated rings. The second-order valence-electron chi connectivity index (χ2n) is 5.03. The average Bonchev–Trinajstić information content (AvgIpc) is 2.59. The first-order valence-electron chi connectivity index (χ1n) is 7.12. The Morgan fingerprint density at radius 1 is 1.04 bits per heavy atom. The predicted molar refractivity (Wildman–Crippen MR) is 85.7 cm³/mol. The lowest BCUT2D eigenvalue weighted by Crippen LogP contribution is -2.08. The van der Waals surface area contributed by atoms with Crippen LogP contribution in [0.25, 0.3) is 22.1 Å². The quantitative estimate of drug-likeness (QED) is 0.673. The van der Waals surface area contributed by atoms with Gasteiger partial charge in [0.05, 0.1) is 7.11 Å². The van der Waals surface area contributed by atoms with Crippen molar-refractivity contribution in [2.24, 2.45) is 0 Å². The summed E-state index contributed by atoms with van der Waals surface area (Å²) in [4.78, 5) is 22.3. The van der Waals surface area contributed by atoms with Gasteiger partial charge in [-0.05, 0) is 35.4 Å². The molecule has 0 N–H and O–H groups in total. The molecule has 6 heteroatoms. The third-order valence-corrected chi connectivity index (χ3v) is 3.47. The number of ether oxygens (including phenoxy) is 2. The van der Waals surface area contributed by atoms with Gasteiger partial charge in [-0.1, -0.05) is 12.1 Å². The molecule has 0 aliphatic carbocycles. The van der Waals surface area contributed by atoms with E-state index in [2.05, 4.69) is 0 Å². The molecule has 0 aliphatic heterocycles. The van der Waals surface area contributed by atoms with Crippen molar-refractivity contribution in [1.29, 1.82) is 0 Å². The summed E-state index contributed by atoms with van der Waals surface area (Å²) in [5, 5.41) is 11.2. The van der Waals surface area contributed by atoms with E-state index in [1.807, 2.05) is 12.1 Å². The number of benzene rings is 2. The number of methoxy groups -OCH3 is 1. The third kappa shape index (κ3) is 3.22. The Kier molecular flexibility index (Phi) is 4.20. The molecule has 1 aromatic heterocycles. The lowest BCUT2D eigenvalue weighted by molar-refractivity contribution is -0.145. The highest BCUT2D eigenvalue weighted by Gasteiger charge is 2.10. The average molecular weight is 325 g/mol. The zero-order chi connectivity index (χ0) is 17.1. The van der Waals surface area contributed by atoms with E-state index >= 15 is 0 Å². The number of carbonyl (C=O) groups is 1. The summed E-state index contributed by atoms with van der Waals surface area (Å²) in [5.74, 6) is -0.339.